The van der Waals surface area contributed by atoms with Gasteiger partial charge in [0.25, 0.3) is 5.91 Å². The molecule has 122 valence electrons. The average molecular weight is 337 g/mol. The number of furan rings is 1. The highest BCUT2D eigenvalue weighted by atomic mass is 32.2. The molecule has 2 rings (SSSR count). The SMILES string of the molecule is CC(=O)NNC(=O)c1cccc(S(=O)(=O)NCc2ccco2)c1. The fourth-order valence-electron chi connectivity index (χ4n) is 1.68. The van der Waals surface area contributed by atoms with Crippen molar-refractivity contribution in [1.29, 1.82) is 0 Å². The van der Waals surface area contributed by atoms with E-state index in [1.165, 1.54) is 37.5 Å². The van der Waals surface area contributed by atoms with Crippen molar-refractivity contribution in [2.45, 2.75) is 18.4 Å². The molecular weight excluding hydrogens is 322 g/mol. The van der Waals surface area contributed by atoms with Gasteiger partial charge in [0.2, 0.25) is 15.9 Å². The van der Waals surface area contributed by atoms with Crippen LogP contribution in [0.1, 0.15) is 23.0 Å². The largest absolute Gasteiger partial charge is 0.468 e. The second kappa shape index (κ2) is 7.07. The van der Waals surface area contributed by atoms with Crippen molar-refractivity contribution in [3.05, 3.63) is 54.0 Å². The van der Waals surface area contributed by atoms with Gasteiger partial charge in [-0.15, -0.1) is 0 Å². The molecule has 2 amide bonds. The number of hydrazine groups is 1. The van der Waals surface area contributed by atoms with Crippen molar-refractivity contribution in [2.24, 2.45) is 0 Å². The van der Waals surface area contributed by atoms with Crippen LogP contribution in [0.5, 0.6) is 0 Å². The number of rotatable bonds is 5. The van der Waals surface area contributed by atoms with Gasteiger partial charge in [0.05, 0.1) is 17.7 Å². The molecule has 0 radical (unpaired) electrons. The van der Waals surface area contributed by atoms with Crippen molar-refractivity contribution >= 4 is 21.8 Å². The molecule has 0 bridgehead atoms. The van der Waals surface area contributed by atoms with Gasteiger partial charge >= 0.3 is 0 Å². The number of benzene rings is 1. The van der Waals surface area contributed by atoms with Crippen molar-refractivity contribution in [1.82, 2.24) is 15.6 Å². The van der Waals surface area contributed by atoms with Gasteiger partial charge < -0.3 is 4.42 Å². The third kappa shape index (κ3) is 4.66. The Morgan fingerprint density at radius 1 is 1.13 bits per heavy atom. The molecule has 3 N–H and O–H groups in total. The number of nitrogens with one attached hydrogen (secondary N) is 3. The molecule has 0 aliphatic heterocycles. The van der Waals surface area contributed by atoms with Crippen molar-refractivity contribution < 1.29 is 22.4 Å². The van der Waals surface area contributed by atoms with Crippen LogP contribution in [0.25, 0.3) is 0 Å². The van der Waals surface area contributed by atoms with Crippen molar-refractivity contribution in [3.8, 4) is 0 Å². The summed E-state index contributed by atoms with van der Waals surface area (Å²) in [5.74, 6) is -0.598. The van der Waals surface area contributed by atoms with Crippen LogP contribution in [0.4, 0.5) is 0 Å². The summed E-state index contributed by atoms with van der Waals surface area (Å²) in [5.41, 5.74) is 4.39. The van der Waals surface area contributed by atoms with Crippen LogP contribution in [0.2, 0.25) is 0 Å². The summed E-state index contributed by atoms with van der Waals surface area (Å²) in [6.45, 7) is 1.23. The minimum atomic E-state index is -3.80. The number of amides is 2. The van der Waals surface area contributed by atoms with E-state index < -0.39 is 21.8 Å². The van der Waals surface area contributed by atoms with E-state index in [9.17, 15) is 18.0 Å². The number of hydrogen-bond donors (Lipinski definition) is 3. The fourth-order valence-corrected chi connectivity index (χ4v) is 2.72. The molecule has 0 saturated heterocycles. The maximum atomic E-state index is 12.2. The van der Waals surface area contributed by atoms with E-state index in [0.717, 1.165) is 0 Å². The molecule has 1 aromatic carbocycles. The molecule has 1 aromatic heterocycles. The van der Waals surface area contributed by atoms with E-state index in [0.29, 0.717) is 5.76 Å². The Morgan fingerprint density at radius 2 is 1.91 bits per heavy atom. The van der Waals surface area contributed by atoms with Gasteiger partial charge in [0.15, 0.2) is 0 Å². The summed E-state index contributed by atoms with van der Waals surface area (Å²) in [4.78, 5) is 22.5. The first-order valence-electron chi connectivity index (χ1n) is 6.57. The molecule has 0 aliphatic rings. The van der Waals surface area contributed by atoms with Crippen molar-refractivity contribution in [3.63, 3.8) is 0 Å². The monoisotopic (exact) mass is 337 g/mol. The van der Waals surface area contributed by atoms with Crippen LogP contribution in [-0.4, -0.2) is 20.2 Å². The second-order valence-electron chi connectivity index (χ2n) is 4.57. The lowest BCUT2D eigenvalue weighted by Crippen LogP contribution is -2.40. The van der Waals surface area contributed by atoms with Crippen LogP contribution >= 0.6 is 0 Å². The van der Waals surface area contributed by atoms with E-state index >= 15 is 0 Å². The summed E-state index contributed by atoms with van der Waals surface area (Å²) in [6.07, 6.45) is 1.44. The number of hydrogen-bond acceptors (Lipinski definition) is 5. The summed E-state index contributed by atoms with van der Waals surface area (Å²) in [6, 6.07) is 8.73. The van der Waals surface area contributed by atoms with Crippen LogP contribution in [0, 0.1) is 0 Å². The smallest absolute Gasteiger partial charge is 0.269 e. The van der Waals surface area contributed by atoms with Gasteiger partial charge in [-0.25, -0.2) is 13.1 Å². The van der Waals surface area contributed by atoms with E-state index in [-0.39, 0.29) is 17.0 Å². The third-order valence-electron chi connectivity index (χ3n) is 2.78. The van der Waals surface area contributed by atoms with E-state index in [4.69, 9.17) is 4.42 Å². The highest BCUT2D eigenvalue weighted by Gasteiger charge is 2.16. The lowest BCUT2D eigenvalue weighted by Gasteiger charge is -2.08. The minimum absolute atomic E-state index is 0.00233. The molecule has 0 unspecified atom stereocenters. The predicted molar refractivity (Wildman–Crippen MR) is 80.5 cm³/mol. The Balaban J connectivity index is 2.11. The molecule has 23 heavy (non-hydrogen) atoms. The summed E-state index contributed by atoms with van der Waals surface area (Å²) in [7, 11) is -3.80. The van der Waals surface area contributed by atoms with Crippen LogP contribution in [0.3, 0.4) is 0 Å². The third-order valence-corrected chi connectivity index (χ3v) is 4.17. The number of sulfonamides is 1. The fraction of sp³-hybridized carbons (Fsp3) is 0.143. The first-order valence-corrected chi connectivity index (χ1v) is 8.06. The van der Waals surface area contributed by atoms with E-state index in [2.05, 4.69) is 15.6 Å². The summed E-state index contributed by atoms with van der Waals surface area (Å²) < 4.78 is 31.8. The van der Waals surface area contributed by atoms with Gasteiger partial charge in [0.1, 0.15) is 5.76 Å². The first kappa shape index (κ1) is 16.7. The molecule has 8 nitrogen and oxygen atoms in total. The molecule has 2 aromatic rings. The Bertz CT molecular complexity index is 800. The minimum Gasteiger partial charge on any atom is -0.468 e. The normalized spacial score (nSPS) is 11.0. The summed E-state index contributed by atoms with van der Waals surface area (Å²) >= 11 is 0. The Morgan fingerprint density at radius 3 is 2.57 bits per heavy atom. The predicted octanol–water partition coefficient (Wildman–Crippen LogP) is 0.539. The lowest BCUT2D eigenvalue weighted by molar-refractivity contribution is -0.119. The molecule has 0 fully saturated rings. The van der Waals surface area contributed by atoms with Crippen LogP contribution in [0.15, 0.2) is 52.0 Å². The van der Waals surface area contributed by atoms with Gasteiger partial charge in [0, 0.05) is 12.5 Å². The zero-order valence-electron chi connectivity index (χ0n) is 12.2. The zero-order chi connectivity index (χ0) is 16.9. The van der Waals surface area contributed by atoms with E-state index in [1.54, 1.807) is 12.1 Å². The van der Waals surface area contributed by atoms with Gasteiger partial charge in [-0.05, 0) is 30.3 Å². The zero-order valence-corrected chi connectivity index (χ0v) is 13.0. The highest BCUT2D eigenvalue weighted by molar-refractivity contribution is 7.89. The average Bonchev–Trinajstić information content (AvgIpc) is 3.04. The topological polar surface area (TPSA) is 118 Å². The highest BCUT2D eigenvalue weighted by Crippen LogP contribution is 2.12. The molecular formula is C14H15N3O5S. The van der Waals surface area contributed by atoms with Crippen LogP contribution in [-0.2, 0) is 21.4 Å². The van der Waals surface area contributed by atoms with Gasteiger partial charge in [-0.3, -0.25) is 20.4 Å². The Labute approximate surface area is 132 Å². The lowest BCUT2D eigenvalue weighted by atomic mass is 10.2. The molecule has 0 aliphatic carbocycles. The van der Waals surface area contributed by atoms with Gasteiger partial charge in [-0.2, -0.15) is 0 Å². The first-order chi connectivity index (χ1) is 10.9. The molecule has 0 atom stereocenters. The molecule has 0 saturated carbocycles. The Hall–Kier alpha value is -2.65. The quantitative estimate of drug-likeness (QED) is 0.688. The summed E-state index contributed by atoms with van der Waals surface area (Å²) in [5, 5.41) is 0. The van der Waals surface area contributed by atoms with Gasteiger partial charge in [-0.1, -0.05) is 6.07 Å². The molecule has 9 heteroatoms. The maximum absolute atomic E-state index is 12.2. The van der Waals surface area contributed by atoms with Crippen molar-refractivity contribution in [2.75, 3.05) is 0 Å². The molecule has 1 heterocycles. The number of carbonyl (C=O) groups excluding carboxylic acids is 2. The molecule has 0 spiro atoms. The second-order valence-corrected chi connectivity index (χ2v) is 6.33. The van der Waals surface area contributed by atoms with E-state index in [1.807, 2.05) is 0 Å². The van der Waals surface area contributed by atoms with Crippen LogP contribution < -0.4 is 15.6 Å². The standard InChI is InChI=1S/C14H15N3O5S/c1-10(18)16-17-14(19)11-4-2-6-13(8-11)23(20,21)15-9-12-5-3-7-22-12/h2-8,15H,9H2,1H3,(H,16,18)(H,17,19). The Kier molecular flexibility index (Phi) is 5.14. The maximum Gasteiger partial charge on any atom is 0.269 e. The number of carbonyl (C=O) groups is 2.